The second-order valence-electron chi connectivity index (χ2n) is 5.14. The summed E-state index contributed by atoms with van der Waals surface area (Å²) in [5, 5.41) is 0. The molecule has 2 aliphatic heterocycles. The SMILES string of the molecule is CCCCOC(=O)CN1CCN2CCCC2C1. The first-order valence-corrected chi connectivity index (χ1v) is 6.91. The van der Waals surface area contributed by atoms with E-state index in [2.05, 4.69) is 16.7 Å². The molecule has 17 heavy (non-hydrogen) atoms. The van der Waals surface area contributed by atoms with Crippen molar-refractivity contribution in [1.29, 1.82) is 0 Å². The fraction of sp³-hybridized carbons (Fsp3) is 0.923. The van der Waals surface area contributed by atoms with Crippen molar-refractivity contribution in [3.8, 4) is 0 Å². The predicted molar refractivity (Wildman–Crippen MR) is 66.9 cm³/mol. The summed E-state index contributed by atoms with van der Waals surface area (Å²) >= 11 is 0. The minimum absolute atomic E-state index is 0.0510. The van der Waals surface area contributed by atoms with E-state index >= 15 is 0 Å². The van der Waals surface area contributed by atoms with Gasteiger partial charge in [-0.2, -0.15) is 0 Å². The van der Waals surface area contributed by atoms with E-state index in [1.807, 2.05) is 0 Å². The van der Waals surface area contributed by atoms with Gasteiger partial charge in [-0.05, 0) is 25.8 Å². The number of fused-ring (bicyclic) bond motifs is 1. The lowest BCUT2D eigenvalue weighted by Crippen LogP contribution is -2.51. The van der Waals surface area contributed by atoms with Gasteiger partial charge in [-0.3, -0.25) is 14.6 Å². The topological polar surface area (TPSA) is 32.8 Å². The highest BCUT2D eigenvalue weighted by Gasteiger charge is 2.31. The molecular weight excluding hydrogens is 216 g/mol. The smallest absolute Gasteiger partial charge is 0.320 e. The number of hydrogen-bond donors (Lipinski definition) is 0. The van der Waals surface area contributed by atoms with Crippen molar-refractivity contribution in [1.82, 2.24) is 9.80 Å². The third-order valence-corrected chi connectivity index (χ3v) is 3.79. The molecule has 2 aliphatic rings. The zero-order valence-corrected chi connectivity index (χ0v) is 10.9. The minimum Gasteiger partial charge on any atom is -0.465 e. The van der Waals surface area contributed by atoms with Crippen LogP contribution in [0.5, 0.6) is 0 Å². The second-order valence-corrected chi connectivity index (χ2v) is 5.14. The largest absolute Gasteiger partial charge is 0.465 e. The van der Waals surface area contributed by atoms with Crippen molar-refractivity contribution in [3.63, 3.8) is 0 Å². The maximum Gasteiger partial charge on any atom is 0.320 e. The van der Waals surface area contributed by atoms with E-state index in [0.29, 0.717) is 19.2 Å². The monoisotopic (exact) mass is 240 g/mol. The first kappa shape index (κ1) is 12.8. The van der Waals surface area contributed by atoms with Crippen LogP contribution in [0.3, 0.4) is 0 Å². The van der Waals surface area contributed by atoms with Crippen LogP contribution in [0.15, 0.2) is 0 Å². The van der Waals surface area contributed by atoms with E-state index in [1.165, 1.54) is 19.4 Å². The lowest BCUT2D eigenvalue weighted by Gasteiger charge is -2.36. The van der Waals surface area contributed by atoms with Crippen LogP contribution in [-0.4, -0.2) is 61.1 Å². The van der Waals surface area contributed by atoms with Gasteiger partial charge in [-0.15, -0.1) is 0 Å². The Kier molecular flexibility index (Phi) is 4.80. The van der Waals surface area contributed by atoms with Gasteiger partial charge in [0.25, 0.3) is 0 Å². The predicted octanol–water partition coefficient (Wildman–Crippen LogP) is 1.11. The third-order valence-electron chi connectivity index (χ3n) is 3.79. The van der Waals surface area contributed by atoms with Gasteiger partial charge in [-0.1, -0.05) is 13.3 Å². The number of carbonyl (C=O) groups excluding carboxylic acids is 1. The Morgan fingerprint density at radius 1 is 1.35 bits per heavy atom. The Morgan fingerprint density at radius 3 is 3.06 bits per heavy atom. The number of carbonyl (C=O) groups is 1. The number of esters is 1. The molecule has 1 unspecified atom stereocenters. The minimum atomic E-state index is -0.0510. The van der Waals surface area contributed by atoms with E-state index in [0.717, 1.165) is 32.5 Å². The van der Waals surface area contributed by atoms with Gasteiger partial charge >= 0.3 is 5.97 Å². The van der Waals surface area contributed by atoms with Gasteiger partial charge in [0.2, 0.25) is 0 Å². The Balaban J connectivity index is 1.67. The molecule has 2 heterocycles. The van der Waals surface area contributed by atoms with Crippen LogP contribution in [-0.2, 0) is 9.53 Å². The molecule has 0 spiro atoms. The second kappa shape index (κ2) is 6.36. The zero-order valence-electron chi connectivity index (χ0n) is 10.9. The summed E-state index contributed by atoms with van der Waals surface area (Å²) in [5.74, 6) is -0.0510. The maximum atomic E-state index is 11.6. The van der Waals surface area contributed by atoms with Gasteiger partial charge in [0.15, 0.2) is 0 Å². The highest BCUT2D eigenvalue weighted by atomic mass is 16.5. The summed E-state index contributed by atoms with van der Waals surface area (Å²) in [6.07, 6.45) is 4.66. The molecule has 4 nitrogen and oxygen atoms in total. The molecule has 0 N–H and O–H groups in total. The van der Waals surface area contributed by atoms with E-state index in [1.54, 1.807) is 0 Å². The van der Waals surface area contributed by atoms with Crippen molar-refractivity contribution in [2.45, 2.75) is 38.6 Å². The van der Waals surface area contributed by atoms with Crippen LogP contribution in [0.25, 0.3) is 0 Å². The van der Waals surface area contributed by atoms with Crippen molar-refractivity contribution in [2.24, 2.45) is 0 Å². The van der Waals surface area contributed by atoms with Crippen LogP contribution >= 0.6 is 0 Å². The van der Waals surface area contributed by atoms with Crippen LogP contribution in [0, 0.1) is 0 Å². The van der Waals surface area contributed by atoms with Crippen LogP contribution in [0.2, 0.25) is 0 Å². The highest BCUT2D eigenvalue weighted by Crippen LogP contribution is 2.21. The number of hydrogen-bond acceptors (Lipinski definition) is 4. The molecule has 2 saturated heterocycles. The number of ether oxygens (including phenoxy) is 1. The summed E-state index contributed by atoms with van der Waals surface area (Å²) in [6, 6.07) is 0.687. The van der Waals surface area contributed by atoms with Crippen molar-refractivity contribution in [2.75, 3.05) is 39.3 Å². The molecule has 0 aromatic rings. The van der Waals surface area contributed by atoms with Crippen molar-refractivity contribution < 1.29 is 9.53 Å². The lowest BCUT2D eigenvalue weighted by atomic mass is 10.1. The van der Waals surface area contributed by atoms with E-state index in [-0.39, 0.29) is 5.97 Å². The van der Waals surface area contributed by atoms with Crippen molar-refractivity contribution in [3.05, 3.63) is 0 Å². The zero-order chi connectivity index (χ0) is 12.1. The van der Waals surface area contributed by atoms with Crippen molar-refractivity contribution >= 4 is 5.97 Å². The molecule has 1 atom stereocenters. The molecule has 0 radical (unpaired) electrons. The normalized spacial score (nSPS) is 25.8. The van der Waals surface area contributed by atoms with E-state index in [9.17, 15) is 4.79 Å². The summed E-state index contributed by atoms with van der Waals surface area (Å²) in [7, 11) is 0. The Hall–Kier alpha value is -0.610. The molecule has 0 amide bonds. The summed E-state index contributed by atoms with van der Waals surface area (Å²) in [5.41, 5.74) is 0. The average molecular weight is 240 g/mol. The number of rotatable bonds is 5. The molecule has 0 saturated carbocycles. The first-order chi connectivity index (χ1) is 8.29. The number of nitrogens with zero attached hydrogens (tertiary/aromatic N) is 2. The molecule has 0 aromatic heterocycles. The molecule has 0 bridgehead atoms. The number of piperazine rings is 1. The molecule has 98 valence electrons. The van der Waals surface area contributed by atoms with Gasteiger partial charge < -0.3 is 4.74 Å². The van der Waals surface area contributed by atoms with E-state index in [4.69, 9.17) is 4.74 Å². The van der Waals surface area contributed by atoms with Crippen LogP contribution in [0.4, 0.5) is 0 Å². The van der Waals surface area contributed by atoms with E-state index < -0.39 is 0 Å². The summed E-state index contributed by atoms with van der Waals surface area (Å²) < 4.78 is 5.20. The Labute approximate surface area is 104 Å². The summed E-state index contributed by atoms with van der Waals surface area (Å²) in [4.78, 5) is 16.4. The van der Waals surface area contributed by atoms with Crippen LogP contribution in [0.1, 0.15) is 32.6 Å². The molecule has 2 rings (SSSR count). The molecule has 0 aliphatic carbocycles. The van der Waals surface area contributed by atoms with Crippen LogP contribution < -0.4 is 0 Å². The molecule has 0 aromatic carbocycles. The Bertz CT molecular complexity index is 258. The Morgan fingerprint density at radius 2 is 2.24 bits per heavy atom. The third kappa shape index (κ3) is 3.68. The summed E-state index contributed by atoms with van der Waals surface area (Å²) in [6.45, 7) is 7.59. The average Bonchev–Trinajstić information content (AvgIpc) is 2.76. The maximum absolute atomic E-state index is 11.6. The number of unbranched alkanes of at least 4 members (excludes halogenated alkanes) is 1. The fourth-order valence-corrected chi connectivity index (χ4v) is 2.76. The molecule has 2 fully saturated rings. The molecular formula is C13H24N2O2. The first-order valence-electron chi connectivity index (χ1n) is 6.91. The van der Waals surface area contributed by atoms with Gasteiger partial charge in [-0.25, -0.2) is 0 Å². The van der Waals surface area contributed by atoms with Gasteiger partial charge in [0.05, 0.1) is 13.2 Å². The fourth-order valence-electron chi connectivity index (χ4n) is 2.76. The standard InChI is InChI=1S/C13H24N2O2/c1-2-3-9-17-13(16)11-14-7-8-15-6-4-5-12(15)10-14/h12H,2-11H2,1H3. The molecule has 4 heteroatoms. The quantitative estimate of drug-likeness (QED) is 0.532. The van der Waals surface area contributed by atoms with Gasteiger partial charge in [0, 0.05) is 25.7 Å². The van der Waals surface area contributed by atoms with Gasteiger partial charge in [0.1, 0.15) is 0 Å². The lowest BCUT2D eigenvalue weighted by molar-refractivity contribution is -0.145. The highest BCUT2D eigenvalue weighted by molar-refractivity contribution is 5.71.